The molecule has 1 aliphatic rings. The first-order chi connectivity index (χ1) is 14.6. The fraction of sp³-hybridized carbons (Fsp3) is 0.174. The van der Waals surface area contributed by atoms with Crippen LogP contribution in [0.1, 0.15) is 28.5 Å². The van der Waals surface area contributed by atoms with Gasteiger partial charge in [-0.3, -0.25) is 0 Å². The molecule has 4 aromatic rings. The molecule has 3 heterocycles. The Balaban J connectivity index is 1.31. The lowest BCUT2D eigenvalue weighted by molar-refractivity contribution is 0.0459. The van der Waals surface area contributed by atoms with E-state index in [4.69, 9.17) is 18.4 Å². The van der Waals surface area contributed by atoms with Crippen molar-refractivity contribution in [2.75, 3.05) is 0 Å². The molecule has 0 saturated carbocycles. The van der Waals surface area contributed by atoms with Gasteiger partial charge in [-0.2, -0.15) is 0 Å². The van der Waals surface area contributed by atoms with Gasteiger partial charge < -0.3 is 18.4 Å². The molecule has 0 N–H and O–H groups in total. The molecule has 0 saturated heterocycles. The molecule has 0 amide bonds. The molecule has 0 unspecified atom stereocenters. The largest absolute Gasteiger partial charge is 0.490 e. The van der Waals surface area contributed by atoms with Crippen molar-refractivity contribution in [1.82, 2.24) is 5.16 Å². The van der Waals surface area contributed by atoms with Gasteiger partial charge in [-0.1, -0.05) is 23.4 Å². The lowest BCUT2D eigenvalue weighted by Crippen LogP contribution is -2.16. The van der Waals surface area contributed by atoms with E-state index in [1.54, 1.807) is 30.3 Å². The van der Waals surface area contributed by atoms with E-state index >= 15 is 0 Å². The Labute approximate surface area is 170 Å². The van der Waals surface area contributed by atoms with E-state index in [9.17, 15) is 9.59 Å². The molecule has 1 atom stereocenters. The van der Waals surface area contributed by atoms with Crippen LogP contribution in [0.4, 0.5) is 0 Å². The minimum absolute atomic E-state index is 0.125. The highest BCUT2D eigenvalue weighted by atomic mass is 16.5. The highest BCUT2D eigenvalue weighted by Crippen LogP contribution is 2.33. The third-order valence-corrected chi connectivity index (χ3v) is 4.95. The Morgan fingerprint density at radius 2 is 2.03 bits per heavy atom. The number of hydrogen-bond donors (Lipinski definition) is 0. The van der Waals surface area contributed by atoms with Gasteiger partial charge in [0.1, 0.15) is 35.3 Å². The molecule has 5 rings (SSSR count). The lowest BCUT2D eigenvalue weighted by Gasteiger charge is -2.03. The van der Waals surface area contributed by atoms with E-state index in [1.807, 2.05) is 25.1 Å². The zero-order valence-corrected chi connectivity index (χ0v) is 16.1. The van der Waals surface area contributed by atoms with Gasteiger partial charge in [0.05, 0.1) is 0 Å². The van der Waals surface area contributed by atoms with E-state index in [0.29, 0.717) is 22.4 Å². The van der Waals surface area contributed by atoms with Crippen molar-refractivity contribution in [2.24, 2.45) is 0 Å². The Hall–Kier alpha value is -3.87. The molecule has 7 nitrogen and oxygen atoms in total. The molecule has 7 heteroatoms. The average molecular weight is 403 g/mol. The van der Waals surface area contributed by atoms with Gasteiger partial charge in [0.25, 0.3) is 0 Å². The molecule has 0 fully saturated rings. The highest BCUT2D eigenvalue weighted by molar-refractivity contribution is 5.92. The van der Waals surface area contributed by atoms with Crippen molar-refractivity contribution < 1.29 is 23.2 Å². The zero-order valence-electron chi connectivity index (χ0n) is 16.1. The number of para-hydroxylation sites is 1. The summed E-state index contributed by atoms with van der Waals surface area (Å²) >= 11 is 0. The number of hydrogen-bond acceptors (Lipinski definition) is 7. The summed E-state index contributed by atoms with van der Waals surface area (Å²) in [6, 6.07) is 15.9. The monoisotopic (exact) mass is 403 g/mol. The van der Waals surface area contributed by atoms with Crippen LogP contribution in [0.15, 0.2) is 68.3 Å². The summed E-state index contributed by atoms with van der Waals surface area (Å²) in [5, 5.41) is 4.60. The minimum atomic E-state index is -0.775. The summed E-state index contributed by atoms with van der Waals surface area (Å²) in [5.74, 6) is 0.672. The van der Waals surface area contributed by atoms with Crippen molar-refractivity contribution in [3.05, 3.63) is 81.8 Å². The van der Waals surface area contributed by atoms with Crippen LogP contribution in [0.3, 0.4) is 0 Å². The number of rotatable bonds is 4. The van der Waals surface area contributed by atoms with Crippen LogP contribution >= 0.6 is 0 Å². The molecule has 30 heavy (non-hydrogen) atoms. The van der Waals surface area contributed by atoms with E-state index < -0.39 is 11.6 Å². The third-order valence-electron chi connectivity index (χ3n) is 4.95. The summed E-state index contributed by atoms with van der Waals surface area (Å²) in [6.45, 7) is 1.90. The number of esters is 1. The van der Waals surface area contributed by atoms with Gasteiger partial charge in [-0.25, -0.2) is 9.59 Å². The second kappa shape index (κ2) is 7.18. The van der Waals surface area contributed by atoms with Gasteiger partial charge >= 0.3 is 11.6 Å². The van der Waals surface area contributed by atoms with Crippen LogP contribution < -0.4 is 10.4 Å². The SMILES string of the molecule is C[C@H]1Cc2cc(-c3cc(COC(=O)c4cc5ccccc5oc4=O)no3)ccc2O1. The molecule has 150 valence electrons. The average Bonchev–Trinajstić information content (AvgIpc) is 3.36. The Morgan fingerprint density at radius 3 is 2.93 bits per heavy atom. The first-order valence-corrected chi connectivity index (χ1v) is 9.52. The number of nitrogens with zero attached hydrogens (tertiary/aromatic N) is 1. The van der Waals surface area contributed by atoms with Gasteiger partial charge in [0, 0.05) is 23.4 Å². The predicted octanol–water partition coefficient (Wildman–Crippen LogP) is 4.13. The van der Waals surface area contributed by atoms with Gasteiger partial charge in [-0.15, -0.1) is 0 Å². The fourth-order valence-corrected chi connectivity index (χ4v) is 3.51. The minimum Gasteiger partial charge on any atom is -0.490 e. The molecule has 2 aromatic carbocycles. The van der Waals surface area contributed by atoms with Crippen LogP contribution in [0.5, 0.6) is 5.75 Å². The van der Waals surface area contributed by atoms with Gasteiger partial charge in [0.2, 0.25) is 0 Å². The number of aromatic nitrogens is 1. The quantitative estimate of drug-likeness (QED) is 0.374. The molecular formula is C23H17NO6. The maximum atomic E-state index is 12.4. The van der Waals surface area contributed by atoms with Crippen molar-refractivity contribution in [3.63, 3.8) is 0 Å². The predicted molar refractivity (Wildman–Crippen MR) is 107 cm³/mol. The Bertz CT molecular complexity index is 1320. The summed E-state index contributed by atoms with van der Waals surface area (Å²) < 4.78 is 21.5. The summed E-state index contributed by atoms with van der Waals surface area (Å²) in [6.07, 6.45) is 1.00. The van der Waals surface area contributed by atoms with Crippen molar-refractivity contribution in [1.29, 1.82) is 0 Å². The van der Waals surface area contributed by atoms with Crippen molar-refractivity contribution in [3.8, 4) is 17.1 Å². The summed E-state index contributed by atoms with van der Waals surface area (Å²) in [5.41, 5.74) is 1.93. The smallest absolute Gasteiger partial charge is 0.351 e. The van der Waals surface area contributed by atoms with Crippen LogP contribution in [0.25, 0.3) is 22.3 Å². The highest BCUT2D eigenvalue weighted by Gasteiger charge is 2.21. The van der Waals surface area contributed by atoms with Gasteiger partial charge in [-0.05, 0) is 42.8 Å². The Kier molecular flexibility index (Phi) is 4.35. The molecule has 0 radical (unpaired) electrons. The topological polar surface area (TPSA) is 91.8 Å². The second-order valence-electron chi connectivity index (χ2n) is 7.20. The first kappa shape index (κ1) is 18.2. The Morgan fingerprint density at radius 1 is 1.17 bits per heavy atom. The fourth-order valence-electron chi connectivity index (χ4n) is 3.51. The van der Waals surface area contributed by atoms with E-state index in [-0.39, 0.29) is 18.3 Å². The van der Waals surface area contributed by atoms with E-state index in [0.717, 1.165) is 23.3 Å². The molecule has 0 aliphatic carbocycles. The molecule has 0 bridgehead atoms. The molecular weight excluding hydrogens is 386 g/mol. The maximum Gasteiger partial charge on any atom is 0.351 e. The van der Waals surface area contributed by atoms with Crippen LogP contribution in [0, 0.1) is 0 Å². The first-order valence-electron chi connectivity index (χ1n) is 9.52. The molecule has 0 spiro atoms. The van der Waals surface area contributed by atoms with Crippen LogP contribution in [-0.2, 0) is 17.8 Å². The van der Waals surface area contributed by atoms with E-state index in [1.165, 1.54) is 6.07 Å². The molecule has 1 aliphatic heterocycles. The number of benzene rings is 2. The lowest BCUT2D eigenvalue weighted by atomic mass is 10.1. The normalized spacial score (nSPS) is 15.0. The van der Waals surface area contributed by atoms with Crippen molar-refractivity contribution in [2.45, 2.75) is 26.1 Å². The van der Waals surface area contributed by atoms with E-state index in [2.05, 4.69) is 5.16 Å². The number of fused-ring (bicyclic) bond motifs is 2. The van der Waals surface area contributed by atoms with Crippen LogP contribution in [0.2, 0.25) is 0 Å². The summed E-state index contributed by atoms with van der Waals surface area (Å²) in [4.78, 5) is 24.4. The van der Waals surface area contributed by atoms with Crippen molar-refractivity contribution >= 4 is 16.9 Å². The standard InChI is InChI=1S/C23H17NO6/c1-13-8-16-9-15(6-7-20(16)28-13)21-11-17(24-30-21)12-27-22(25)18-10-14-4-2-3-5-19(14)29-23(18)26/h2-7,9-11,13H,8,12H2,1H3/t13-/m0/s1. The maximum absolute atomic E-state index is 12.4. The number of carbonyl (C=O) groups excluding carboxylic acids is 1. The second-order valence-corrected chi connectivity index (χ2v) is 7.20. The van der Waals surface area contributed by atoms with Gasteiger partial charge in [0.15, 0.2) is 5.76 Å². The number of ether oxygens (including phenoxy) is 2. The zero-order chi connectivity index (χ0) is 20.7. The van der Waals surface area contributed by atoms with Crippen LogP contribution in [-0.4, -0.2) is 17.2 Å². The summed E-state index contributed by atoms with van der Waals surface area (Å²) in [7, 11) is 0. The molecule has 2 aromatic heterocycles. The third kappa shape index (κ3) is 3.34. The number of carbonyl (C=O) groups is 1.